The Morgan fingerprint density at radius 3 is 2.37 bits per heavy atom. The Labute approximate surface area is 117 Å². The molecule has 0 saturated carbocycles. The highest BCUT2D eigenvalue weighted by molar-refractivity contribution is 6.30. The van der Waals surface area contributed by atoms with Gasteiger partial charge in [-0.2, -0.15) is 0 Å². The Balaban J connectivity index is 2.25. The molecule has 1 N–H and O–H groups in total. The van der Waals surface area contributed by atoms with Crippen molar-refractivity contribution in [2.45, 2.75) is 26.4 Å². The average Bonchev–Trinajstić information content (AvgIpc) is 2.30. The molecule has 1 nitrogen and oxygen atoms in total. The molecule has 1 atom stereocenters. The van der Waals surface area contributed by atoms with Crippen molar-refractivity contribution in [3.63, 3.8) is 0 Å². The third-order valence-electron chi connectivity index (χ3n) is 3.16. The Hall–Kier alpha value is -1.38. The molecular weight excluding hydrogens is 263 g/mol. The summed E-state index contributed by atoms with van der Waals surface area (Å²) in [7, 11) is 0. The summed E-state index contributed by atoms with van der Waals surface area (Å²) >= 11 is 5.81. The zero-order valence-electron chi connectivity index (χ0n) is 11.0. The minimum Gasteiger partial charge on any atom is -0.388 e. The number of aliphatic hydroxyl groups excluding tert-OH is 1. The predicted octanol–water partition coefficient (Wildman–Crippen LogP) is 4.37. The van der Waals surface area contributed by atoms with E-state index in [1.807, 2.05) is 32.0 Å². The van der Waals surface area contributed by atoms with Gasteiger partial charge in [-0.25, -0.2) is 4.39 Å². The maximum Gasteiger partial charge on any atom is 0.129 e. The van der Waals surface area contributed by atoms with Crippen LogP contribution in [-0.2, 0) is 6.42 Å². The SMILES string of the molecule is Cc1cc(C)c(C(O)Cc2ccc(Cl)cc2)c(F)c1. The fraction of sp³-hybridized carbons (Fsp3) is 0.250. The van der Waals surface area contributed by atoms with Crippen LogP contribution in [0.2, 0.25) is 5.02 Å². The van der Waals surface area contributed by atoms with E-state index in [9.17, 15) is 9.50 Å². The number of aryl methyl sites for hydroxylation is 2. The molecule has 0 aliphatic carbocycles. The number of hydrogen-bond donors (Lipinski definition) is 1. The highest BCUT2D eigenvalue weighted by Gasteiger charge is 2.16. The minimum absolute atomic E-state index is 0.348. The van der Waals surface area contributed by atoms with Crippen molar-refractivity contribution in [3.05, 3.63) is 69.5 Å². The van der Waals surface area contributed by atoms with Gasteiger partial charge in [-0.05, 0) is 48.7 Å². The molecule has 0 fully saturated rings. The molecule has 2 aromatic rings. The summed E-state index contributed by atoms with van der Waals surface area (Å²) in [6.07, 6.45) is -0.473. The van der Waals surface area contributed by atoms with Gasteiger partial charge in [0.1, 0.15) is 5.82 Å². The van der Waals surface area contributed by atoms with Crippen molar-refractivity contribution in [2.24, 2.45) is 0 Å². The van der Waals surface area contributed by atoms with Crippen molar-refractivity contribution in [1.29, 1.82) is 0 Å². The maximum atomic E-state index is 13.9. The van der Waals surface area contributed by atoms with Crippen LogP contribution < -0.4 is 0 Å². The van der Waals surface area contributed by atoms with E-state index < -0.39 is 6.10 Å². The van der Waals surface area contributed by atoms with Gasteiger partial charge in [-0.15, -0.1) is 0 Å². The first-order chi connectivity index (χ1) is 8.97. The Morgan fingerprint density at radius 1 is 1.16 bits per heavy atom. The van der Waals surface area contributed by atoms with Crippen LogP contribution >= 0.6 is 11.6 Å². The van der Waals surface area contributed by atoms with Gasteiger partial charge in [0.05, 0.1) is 6.10 Å². The van der Waals surface area contributed by atoms with Crippen LogP contribution in [0.5, 0.6) is 0 Å². The topological polar surface area (TPSA) is 20.2 Å². The van der Waals surface area contributed by atoms with Gasteiger partial charge in [0.25, 0.3) is 0 Å². The van der Waals surface area contributed by atoms with Crippen LogP contribution in [0.25, 0.3) is 0 Å². The molecule has 0 heterocycles. The summed E-state index contributed by atoms with van der Waals surface area (Å²) in [5, 5.41) is 10.9. The summed E-state index contributed by atoms with van der Waals surface area (Å²) in [4.78, 5) is 0. The maximum absolute atomic E-state index is 13.9. The molecule has 2 rings (SSSR count). The lowest BCUT2D eigenvalue weighted by atomic mass is 9.96. The molecule has 1 unspecified atom stereocenters. The van der Waals surface area contributed by atoms with Crippen LogP contribution in [-0.4, -0.2) is 5.11 Å². The van der Waals surface area contributed by atoms with Crippen molar-refractivity contribution in [3.8, 4) is 0 Å². The summed E-state index contributed by atoms with van der Waals surface area (Å²) < 4.78 is 13.9. The number of halogens is 2. The number of hydrogen-bond acceptors (Lipinski definition) is 1. The third kappa shape index (κ3) is 3.34. The van der Waals surface area contributed by atoms with E-state index in [4.69, 9.17) is 11.6 Å². The quantitative estimate of drug-likeness (QED) is 0.884. The average molecular weight is 279 g/mol. The van der Waals surface area contributed by atoms with Crippen LogP contribution in [0.1, 0.15) is 28.4 Å². The van der Waals surface area contributed by atoms with Gasteiger partial charge in [0, 0.05) is 17.0 Å². The highest BCUT2D eigenvalue weighted by Crippen LogP contribution is 2.26. The highest BCUT2D eigenvalue weighted by atomic mass is 35.5. The van der Waals surface area contributed by atoms with E-state index in [-0.39, 0.29) is 5.82 Å². The summed E-state index contributed by atoms with van der Waals surface area (Å²) in [5.74, 6) is -0.348. The fourth-order valence-electron chi connectivity index (χ4n) is 2.29. The van der Waals surface area contributed by atoms with Gasteiger partial charge < -0.3 is 5.11 Å². The molecule has 0 aliphatic rings. The second-order valence-corrected chi connectivity index (χ2v) is 5.26. The van der Waals surface area contributed by atoms with Crippen molar-refractivity contribution < 1.29 is 9.50 Å². The second kappa shape index (κ2) is 5.72. The van der Waals surface area contributed by atoms with Gasteiger partial charge in [0.2, 0.25) is 0 Å². The lowest BCUT2D eigenvalue weighted by molar-refractivity contribution is 0.173. The second-order valence-electron chi connectivity index (χ2n) is 4.82. The van der Waals surface area contributed by atoms with E-state index in [0.717, 1.165) is 16.7 Å². The van der Waals surface area contributed by atoms with E-state index in [1.165, 1.54) is 6.07 Å². The van der Waals surface area contributed by atoms with E-state index >= 15 is 0 Å². The first-order valence-electron chi connectivity index (χ1n) is 6.16. The number of rotatable bonds is 3. The summed E-state index contributed by atoms with van der Waals surface area (Å²) in [6, 6.07) is 10.5. The number of aliphatic hydroxyl groups is 1. The largest absolute Gasteiger partial charge is 0.388 e. The van der Waals surface area contributed by atoms with Crippen molar-refractivity contribution in [2.75, 3.05) is 0 Å². The van der Waals surface area contributed by atoms with Gasteiger partial charge in [-0.1, -0.05) is 29.8 Å². The summed E-state index contributed by atoms with van der Waals surface area (Å²) in [5.41, 5.74) is 2.94. The van der Waals surface area contributed by atoms with Crippen LogP contribution in [0.4, 0.5) is 4.39 Å². The Morgan fingerprint density at radius 2 is 1.79 bits per heavy atom. The Kier molecular flexibility index (Phi) is 4.23. The molecule has 2 aromatic carbocycles. The molecule has 0 aliphatic heterocycles. The zero-order valence-corrected chi connectivity index (χ0v) is 11.7. The molecule has 0 spiro atoms. The van der Waals surface area contributed by atoms with Gasteiger partial charge in [0.15, 0.2) is 0 Å². The molecule has 3 heteroatoms. The molecule has 100 valence electrons. The van der Waals surface area contributed by atoms with Crippen LogP contribution in [0.3, 0.4) is 0 Å². The van der Waals surface area contributed by atoms with E-state index in [2.05, 4.69) is 0 Å². The van der Waals surface area contributed by atoms with Gasteiger partial charge in [-0.3, -0.25) is 0 Å². The normalized spacial score (nSPS) is 12.5. The summed E-state index contributed by atoms with van der Waals surface area (Å²) in [6.45, 7) is 3.65. The standard InChI is InChI=1S/C16H16ClFO/c1-10-7-11(2)16(14(18)8-10)15(19)9-12-3-5-13(17)6-4-12/h3-8,15,19H,9H2,1-2H3. The molecule has 0 aromatic heterocycles. The van der Waals surface area contributed by atoms with Gasteiger partial charge >= 0.3 is 0 Å². The van der Waals surface area contributed by atoms with Crippen LogP contribution in [0, 0.1) is 19.7 Å². The van der Waals surface area contributed by atoms with Crippen molar-refractivity contribution >= 4 is 11.6 Å². The lowest BCUT2D eigenvalue weighted by Crippen LogP contribution is -2.07. The molecule has 0 radical (unpaired) electrons. The molecular formula is C16H16ClFO. The number of benzene rings is 2. The third-order valence-corrected chi connectivity index (χ3v) is 3.41. The molecule has 0 saturated heterocycles. The smallest absolute Gasteiger partial charge is 0.129 e. The molecule has 19 heavy (non-hydrogen) atoms. The lowest BCUT2D eigenvalue weighted by Gasteiger charge is -2.15. The minimum atomic E-state index is -0.846. The van der Waals surface area contributed by atoms with E-state index in [0.29, 0.717) is 17.0 Å². The van der Waals surface area contributed by atoms with E-state index in [1.54, 1.807) is 12.1 Å². The first-order valence-corrected chi connectivity index (χ1v) is 6.54. The first kappa shape index (κ1) is 14.0. The van der Waals surface area contributed by atoms with Crippen molar-refractivity contribution in [1.82, 2.24) is 0 Å². The monoisotopic (exact) mass is 278 g/mol. The zero-order chi connectivity index (χ0) is 14.0. The van der Waals surface area contributed by atoms with Crippen LogP contribution in [0.15, 0.2) is 36.4 Å². The fourth-order valence-corrected chi connectivity index (χ4v) is 2.42. The molecule has 0 bridgehead atoms. The predicted molar refractivity (Wildman–Crippen MR) is 76.0 cm³/mol. The molecule has 0 amide bonds. The Bertz CT molecular complexity index is 555.